The highest BCUT2D eigenvalue weighted by Crippen LogP contribution is 2.28. The SMILES string of the molecule is O=C([C@H]1CCOc2ccccc2C1)N1CCCN(Cc2ccncc2)CC1. The van der Waals surface area contributed by atoms with E-state index in [0.717, 1.165) is 63.3 Å². The first-order valence-electron chi connectivity index (χ1n) is 9.90. The van der Waals surface area contributed by atoms with Crippen molar-refractivity contribution in [3.05, 3.63) is 59.9 Å². The van der Waals surface area contributed by atoms with Crippen LogP contribution in [0.1, 0.15) is 24.0 Å². The molecule has 142 valence electrons. The quantitative estimate of drug-likeness (QED) is 0.839. The van der Waals surface area contributed by atoms with Crippen molar-refractivity contribution >= 4 is 5.91 Å². The Morgan fingerprint density at radius 1 is 1.07 bits per heavy atom. The third-order valence-corrected chi connectivity index (χ3v) is 5.57. The Bertz CT molecular complexity index is 765. The predicted octanol–water partition coefficient (Wildman–Crippen LogP) is 2.76. The van der Waals surface area contributed by atoms with Gasteiger partial charge in [0.25, 0.3) is 0 Å². The summed E-state index contributed by atoms with van der Waals surface area (Å²) in [4.78, 5) is 21.8. The lowest BCUT2D eigenvalue weighted by molar-refractivity contribution is -0.135. The zero-order chi connectivity index (χ0) is 18.5. The summed E-state index contributed by atoms with van der Waals surface area (Å²) >= 11 is 0. The number of rotatable bonds is 3. The zero-order valence-corrected chi connectivity index (χ0v) is 15.7. The van der Waals surface area contributed by atoms with Crippen molar-refractivity contribution in [1.82, 2.24) is 14.8 Å². The van der Waals surface area contributed by atoms with Crippen LogP contribution in [0.15, 0.2) is 48.8 Å². The van der Waals surface area contributed by atoms with Gasteiger partial charge in [0.1, 0.15) is 5.75 Å². The van der Waals surface area contributed by atoms with Crippen LogP contribution in [0.2, 0.25) is 0 Å². The maximum Gasteiger partial charge on any atom is 0.226 e. The summed E-state index contributed by atoms with van der Waals surface area (Å²) in [6, 6.07) is 12.2. The molecule has 0 saturated carbocycles. The van der Waals surface area contributed by atoms with E-state index < -0.39 is 0 Å². The smallest absolute Gasteiger partial charge is 0.226 e. The third kappa shape index (κ3) is 4.48. The summed E-state index contributed by atoms with van der Waals surface area (Å²) in [5.74, 6) is 1.26. The molecular weight excluding hydrogens is 338 g/mol. The second-order valence-corrected chi connectivity index (χ2v) is 7.46. The van der Waals surface area contributed by atoms with Gasteiger partial charge in [-0.15, -0.1) is 0 Å². The number of benzene rings is 1. The molecule has 2 aliphatic heterocycles. The van der Waals surface area contributed by atoms with E-state index in [0.29, 0.717) is 12.5 Å². The zero-order valence-electron chi connectivity index (χ0n) is 15.7. The topological polar surface area (TPSA) is 45.7 Å². The summed E-state index contributed by atoms with van der Waals surface area (Å²) in [5, 5.41) is 0. The van der Waals surface area contributed by atoms with Gasteiger partial charge in [-0.2, -0.15) is 0 Å². The minimum absolute atomic E-state index is 0.0281. The number of aromatic nitrogens is 1. The Morgan fingerprint density at radius 2 is 1.93 bits per heavy atom. The molecule has 0 N–H and O–H groups in total. The standard InChI is InChI=1S/C22H27N3O2/c26-22(20-8-15-27-21-5-2-1-4-19(21)16-20)25-12-3-11-24(13-14-25)17-18-6-9-23-10-7-18/h1-2,4-7,9-10,20H,3,8,11-17H2/t20-/m0/s1. The highest BCUT2D eigenvalue weighted by atomic mass is 16.5. The molecule has 0 bridgehead atoms. The minimum atomic E-state index is 0.0281. The molecule has 0 unspecified atom stereocenters. The van der Waals surface area contributed by atoms with Crippen molar-refractivity contribution in [2.24, 2.45) is 5.92 Å². The van der Waals surface area contributed by atoms with Crippen LogP contribution in [-0.2, 0) is 17.8 Å². The number of pyridine rings is 1. The van der Waals surface area contributed by atoms with Gasteiger partial charge in [-0.05, 0) is 48.6 Å². The second kappa shape index (κ2) is 8.53. The van der Waals surface area contributed by atoms with E-state index in [1.54, 1.807) is 0 Å². The number of amides is 1. The Labute approximate surface area is 161 Å². The molecule has 1 aromatic heterocycles. The van der Waals surface area contributed by atoms with Gasteiger partial charge in [0, 0.05) is 51.0 Å². The number of para-hydroxylation sites is 1. The normalized spacial score (nSPS) is 20.9. The Morgan fingerprint density at radius 3 is 2.81 bits per heavy atom. The highest BCUT2D eigenvalue weighted by Gasteiger charge is 2.28. The average molecular weight is 365 g/mol. The maximum absolute atomic E-state index is 13.2. The van der Waals surface area contributed by atoms with Gasteiger partial charge in [0.2, 0.25) is 5.91 Å². The van der Waals surface area contributed by atoms with E-state index in [9.17, 15) is 4.79 Å². The number of nitrogens with zero attached hydrogens (tertiary/aromatic N) is 3. The van der Waals surface area contributed by atoms with Crippen molar-refractivity contribution in [3.8, 4) is 5.75 Å². The molecule has 0 spiro atoms. The molecule has 2 aromatic rings. The van der Waals surface area contributed by atoms with Gasteiger partial charge in [-0.25, -0.2) is 0 Å². The van der Waals surface area contributed by atoms with Crippen molar-refractivity contribution in [1.29, 1.82) is 0 Å². The molecule has 3 heterocycles. The van der Waals surface area contributed by atoms with Crippen LogP contribution < -0.4 is 4.74 Å². The van der Waals surface area contributed by atoms with E-state index >= 15 is 0 Å². The number of hydrogen-bond acceptors (Lipinski definition) is 4. The van der Waals surface area contributed by atoms with E-state index in [4.69, 9.17) is 4.74 Å². The summed E-state index contributed by atoms with van der Waals surface area (Å²) < 4.78 is 5.84. The predicted molar refractivity (Wildman–Crippen MR) is 104 cm³/mol. The molecule has 0 radical (unpaired) electrons. The fraction of sp³-hybridized carbons (Fsp3) is 0.455. The molecule has 4 rings (SSSR count). The number of carbonyl (C=O) groups is 1. The van der Waals surface area contributed by atoms with Gasteiger partial charge in [0.05, 0.1) is 6.61 Å². The number of fused-ring (bicyclic) bond motifs is 1. The minimum Gasteiger partial charge on any atom is -0.493 e. The van der Waals surface area contributed by atoms with Crippen LogP contribution in [0, 0.1) is 5.92 Å². The van der Waals surface area contributed by atoms with Crippen molar-refractivity contribution in [2.45, 2.75) is 25.8 Å². The van der Waals surface area contributed by atoms with Crippen molar-refractivity contribution < 1.29 is 9.53 Å². The first-order valence-corrected chi connectivity index (χ1v) is 9.90. The third-order valence-electron chi connectivity index (χ3n) is 5.57. The monoisotopic (exact) mass is 365 g/mol. The molecule has 27 heavy (non-hydrogen) atoms. The molecule has 1 saturated heterocycles. The van der Waals surface area contributed by atoms with E-state index in [1.165, 1.54) is 5.56 Å². The summed E-state index contributed by atoms with van der Waals surface area (Å²) in [5.41, 5.74) is 2.43. The molecule has 0 aliphatic carbocycles. The number of hydrogen-bond donors (Lipinski definition) is 0. The van der Waals surface area contributed by atoms with Crippen LogP contribution >= 0.6 is 0 Å². The van der Waals surface area contributed by atoms with Gasteiger partial charge in [-0.3, -0.25) is 14.7 Å². The van der Waals surface area contributed by atoms with Crippen molar-refractivity contribution in [3.63, 3.8) is 0 Å². The van der Waals surface area contributed by atoms with Crippen LogP contribution in [0.25, 0.3) is 0 Å². The molecule has 1 aromatic carbocycles. The van der Waals surface area contributed by atoms with Crippen LogP contribution in [0.5, 0.6) is 5.75 Å². The molecule has 1 fully saturated rings. The van der Waals surface area contributed by atoms with Crippen LogP contribution in [-0.4, -0.2) is 53.5 Å². The highest BCUT2D eigenvalue weighted by molar-refractivity contribution is 5.79. The lowest BCUT2D eigenvalue weighted by Crippen LogP contribution is -2.39. The lowest BCUT2D eigenvalue weighted by Gasteiger charge is -2.25. The largest absolute Gasteiger partial charge is 0.493 e. The van der Waals surface area contributed by atoms with E-state index in [-0.39, 0.29) is 5.92 Å². The maximum atomic E-state index is 13.2. The van der Waals surface area contributed by atoms with Gasteiger partial charge in [-0.1, -0.05) is 18.2 Å². The van der Waals surface area contributed by atoms with E-state index in [1.807, 2.05) is 30.6 Å². The molecule has 5 nitrogen and oxygen atoms in total. The van der Waals surface area contributed by atoms with E-state index in [2.05, 4.69) is 33.0 Å². The fourth-order valence-electron chi connectivity index (χ4n) is 4.06. The van der Waals surface area contributed by atoms with Crippen LogP contribution in [0.3, 0.4) is 0 Å². The molecule has 1 atom stereocenters. The van der Waals surface area contributed by atoms with Crippen molar-refractivity contribution in [2.75, 3.05) is 32.8 Å². The fourth-order valence-corrected chi connectivity index (χ4v) is 4.06. The van der Waals surface area contributed by atoms with Gasteiger partial charge in [0.15, 0.2) is 0 Å². The summed E-state index contributed by atoms with van der Waals surface area (Å²) in [6.45, 7) is 5.16. The average Bonchev–Trinajstić information content (AvgIpc) is 3.07. The summed E-state index contributed by atoms with van der Waals surface area (Å²) in [6.07, 6.45) is 6.29. The number of ether oxygens (including phenoxy) is 1. The molecule has 1 amide bonds. The first-order chi connectivity index (χ1) is 13.3. The Balaban J connectivity index is 1.37. The Kier molecular flexibility index (Phi) is 5.68. The molecule has 5 heteroatoms. The van der Waals surface area contributed by atoms with Crippen LogP contribution in [0.4, 0.5) is 0 Å². The Hall–Kier alpha value is -2.40. The first kappa shape index (κ1) is 18.0. The number of carbonyl (C=O) groups excluding carboxylic acids is 1. The molecular formula is C22H27N3O2. The van der Waals surface area contributed by atoms with Gasteiger partial charge >= 0.3 is 0 Å². The van der Waals surface area contributed by atoms with Gasteiger partial charge < -0.3 is 9.64 Å². The lowest BCUT2D eigenvalue weighted by atomic mass is 9.95. The second-order valence-electron chi connectivity index (χ2n) is 7.46. The molecule has 2 aliphatic rings. The summed E-state index contributed by atoms with van der Waals surface area (Å²) in [7, 11) is 0.